The Labute approximate surface area is 184 Å². The van der Waals surface area contributed by atoms with Crippen LogP contribution in [0, 0.1) is 17.3 Å². The summed E-state index contributed by atoms with van der Waals surface area (Å²) < 4.78 is 15.2. The van der Waals surface area contributed by atoms with Crippen LogP contribution in [0.25, 0.3) is 0 Å². The average Bonchev–Trinajstić information content (AvgIpc) is 2.68. The molecule has 4 aliphatic rings. The van der Waals surface area contributed by atoms with Gasteiger partial charge in [-0.1, -0.05) is 17.7 Å². The summed E-state index contributed by atoms with van der Waals surface area (Å²) in [6.07, 6.45) is 7.90. The van der Waals surface area contributed by atoms with Crippen molar-refractivity contribution in [3.8, 4) is 0 Å². The number of amides is 1. The van der Waals surface area contributed by atoms with Gasteiger partial charge in [0, 0.05) is 13.2 Å². The molecule has 0 radical (unpaired) electrons. The first-order valence-electron chi connectivity index (χ1n) is 11.5. The van der Waals surface area contributed by atoms with Crippen LogP contribution in [0.15, 0.2) is 18.2 Å². The molecule has 166 valence electrons. The van der Waals surface area contributed by atoms with Crippen molar-refractivity contribution in [1.82, 2.24) is 10.6 Å². The summed E-state index contributed by atoms with van der Waals surface area (Å²) in [7, 11) is 0. The van der Waals surface area contributed by atoms with E-state index >= 15 is 4.39 Å². The number of alkyl halides is 1. The number of hydrogen-bond donors (Lipinski definition) is 3. The van der Waals surface area contributed by atoms with Crippen LogP contribution in [0.1, 0.15) is 67.3 Å². The lowest BCUT2D eigenvalue weighted by molar-refractivity contribution is -0.121. The molecule has 5 rings (SSSR count). The van der Waals surface area contributed by atoms with Crippen LogP contribution in [-0.2, 0) is 6.42 Å². The lowest BCUT2D eigenvalue weighted by Gasteiger charge is -2.59. The molecule has 0 aliphatic heterocycles. The van der Waals surface area contributed by atoms with Crippen molar-refractivity contribution in [3.05, 3.63) is 34.3 Å². The summed E-state index contributed by atoms with van der Waals surface area (Å²) in [6, 6.07) is 5.66. The second-order valence-electron chi connectivity index (χ2n) is 10.0. The molecular weight excluding hydrogens is 403 g/mol. The number of rotatable bonds is 10. The monoisotopic (exact) mass is 436 g/mol. The number of carbonyl (C=O) groups is 1. The minimum atomic E-state index is -1.00. The van der Waals surface area contributed by atoms with Gasteiger partial charge < -0.3 is 15.7 Å². The highest BCUT2D eigenvalue weighted by atomic mass is 35.5. The summed E-state index contributed by atoms with van der Waals surface area (Å²) in [5.41, 5.74) is 0.532. The molecule has 6 heteroatoms. The first-order chi connectivity index (χ1) is 14.4. The maximum atomic E-state index is 15.2. The zero-order chi connectivity index (χ0) is 21.2. The van der Waals surface area contributed by atoms with Gasteiger partial charge in [0.15, 0.2) is 0 Å². The number of benzene rings is 1. The Morgan fingerprint density at radius 3 is 2.60 bits per heavy atom. The van der Waals surface area contributed by atoms with Crippen molar-refractivity contribution in [3.63, 3.8) is 0 Å². The molecule has 2 unspecified atom stereocenters. The SMILES string of the molecule is O=C(NCC12C[C@@H]3C[C@@H](CC(F)(C3)C1)C2)c1cc(CCCNCCCO)ccc1Cl. The molecule has 0 saturated heterocycles. The van der Waals surface area contributed by atoms with Gasteiger partial charge in [-0.25, -0.2) is 4.39 Å². The van der Waals surface area contributed by atoms with Gasteiger partial charge in [0.05, 0.1) is 10.6 Å². The third-order valence-corrected chi connectivity index (χ3v) is 7.67. The number of aliphatic hydroxyl groups excluding tert-OH is 1. The van der Waals surface area contributed by atoms with Crippen LogP contribution in [0.5, 0.6) is 0 Å². The number of aliphatic hydroxyl groups is 1. The van der Waals surface area contributed by atoms with E-state index in [1.165, 1.54) is 6.42 Å². The van der Waals surface area contributed by atoms with E-state index < -0.39 is 5.67 Å². The number of carbonyl (C=O) groups excluding carboxylic acids is 1. The Morgan fingerprint density at radius 1 is 1.17 bits per heavy atom. The minimum Gasteiger partial charge on any atom is -0.396 e. The molecule has 4 atom stereocenters. The molecule has 4 aliphatic carbocycles. The number of aryl methyl sites for hydroxylation is 1. The van der Waals surface area contributed by atoms with Crippen molar-refractivity contribution in [2.75, 3.05) is 26.2 Å². The molecular formula is C24H34ClFN2O2. The molecule has 0 heterocycles. The van der Waals surface area contributed by atoms with Gasteiger partial charge in [-0.3, -0.25) is 4.79 Å². The Bertz CT molecular complexity index is 758. The summed E-state index contributed by atoms with van der Waals surface area (Å²) in [4.78, 5) is 12.9. The Balaban J connectivity index is 1.32. The summed E-state index contributed by atoms with van der Waals surface area (Å²) in [6.45, 7) is 2.45. The molecule has 1 amide bonds. The minimum absolute atomic E-state index is 0.0706. The normalized spacial score (nSPS) is 31.8. The zero-order valence-corrected chi connectivity index (χ0v) is 18.4. The van der Waals surface area contributed by atoms with E-state index in [2.05, 4.69) is 10.6 Å². The quantitative estimate of drug-likeness (QED) is 0.479. The summed E-state index contributed by atoms with van der Waals surface area (Å²) in [5, 5.41) is 15.7. The van der Waals surface area contributed by atoms with E-state index in [0.717, 1.165) is 63.6 Å². The van der Waals surface area contributed by atoms with Crippen molar-refractivity contribution in [1.29, 1.82) is 0 Å². The number of nitrogens with one attached hydrogen (secondary N) is 2. The maximum absolute atomic E-state index is 15.2. The molecule has 0 spiro atoms. The first kappa shape index (κ1) is 22.0. The van der Waals surface area contributed by atoms with Crippen LogP contribution in [0.4, 0.5) is 4.39 Å². The molecule has 4 fully saturated rings. The van der Waals surface area contributed by atoms with Crippen LogP contribution < -0.4 is 10.6 Å². The largest absolute Gasteiger partial charge is 0.396 e. The molecule has 4 bridgehead atoms. The van der Waals surface area contributed by atoms with Gasteiger partial charge in [-0.15, -0.1) is 0 Å². The number of hydrogen-bond acceptors (Lipinski definition) is 3. The maximum Gasteiger partial charge on any atom is 0.252 e. The molecule has 4 saturated carbocycles. The lowest BCUT2D eigenvalue weighted by Crippen LogP contribution is -2.57. The smallest absolute Gasteiger partial charge is 0.252 e. The van der Waals surface area contributed by atoms with Gasteiger partial charge in [-0.2, -0.15) is 0 Å². The Morgan fingerprint density at radius 2 is 1.90 bits per heavy atom. The molecule has 3 N–H and O–H groups in total. The van der Waals surface area contributed by atoms with Gasteiger partial charge in [0.2, 0.25) is 0 Å². The summed E-state index contributed by atoms with van der Waals surface area (Å²) in [5.74, 6) is 0.837. The van der Waals surface area contributed by atoms with Crippen molar-refractivity contribution < 1.29 is 14.3 Å². The standard InChI is InChI=1S/C24H34ClFN2O2/c25-21-5-4-17(3-1-6-27-7-2-8-29)10-20(21)22(30)28-16-23-11-18-9-19(12-23)14-24(26,13-18)15-23/h4-5,10,18-19,27,29H,1-3,6-9,11-16H2,(H,28,30)/t18-,19+,23?,24?. The molecule has 0 aromatic heterocycles. The Hall–Kier alpha value is -1.17. The number of halogens is 2. The van der Waals surface area contributed by atoms with Gasteiger partial charge in [0.1, 0.15) is 5.67 Å². The lowest BCUT2D eigenvalue weighted by atomic mass is 9.48. The third-order valence-electron chi connectivity index (χ3n) is 7.34. The fourth-order valence-electron chi connectivity index (χ4n) is 6.55. The van der Waals surface area contributed by atoms with Gasteiger partial charge >= 0.3 is 0 Å². The van der Waals surface area contributed by atoms with Crippen molar-refractivity contribution in [2.24, 2.45) is 17.3 Å². The van der Waals surface area contributed by atoms with E-state index in [-0.39, 0.29) is 17.9 Å². The molecule has 4 nitrogen and oxygen atoms in total. The fraction of sp³-hybridized carbons (Fsp3) is 0.708. The topological polar surface area (TPSA) is 61.4 Å². The fourth-order valence-corrected chi connectivity index (χ4v) is 6.76. The molecule has 30 heavy (non-hydrogen) atoms. The highest BCUT2D eigenvalue weighted by Gasteiger charge is 2.58. The van der Waals surface area contributed by atoms with E-state index in [0.29, 0.717) is 35.4 Å². The molecule has 1 aromatic rings. The third kappa shape index (κ3) is 5.00. The molecule has 1 aromatic carbocycles. The highest BCUT2D eigenvalue weighted by Crippen LogP contribution is 2.62. The van der Waals surface area contributed by atoms with Gasteiger partial charge in [0.25, 0.3) is 5.91 Å². The predicted octanol–water partition coefficient (Wildman–Crippen LogP) is 4.28. The van der Waals surface area contributed by atoms with E-state index in [9.17, 15) is 4.79 Å². The second kappa shape index (κ2) is 9.13. The second-order valence-corrected chi connectivity index (χ2v) is 10.4. The van der Waals surface area contributed by atoms with Crippen molar-refractivity contribution >= 4 is 17.5 Å². The van der Waals surface area contributed by atoms with E-state index in [4.69, 9.17) is 16.7 Å². The van der Waals surface area contributed by atoms with Crippen LogP contribution in [0.3, 0.4) is 0 Å². The van der Waals surface area contributed by atoms with E-state index in [1.807, 2.05) is 12.1 Å². The highest BCUT2D eigenvalue weighted by molar-refractivity contribution is 6.33. The van der Waals surface area contributed by atoms with Crippen LogP contribution in [-0.4, -0.2) is 42.9 Å². The van der Waals surface area contributed by atoms with Crippen molar-refractivity contribution in [2.45, 2.75) is 63.5 Å². The van der Waals surface area contributed by atoms with Crippen LogP contribution in [0.2, 0.25) is 5.02 Å². The average molecular weight is 437 g/mol. The summed E-state index contributed by atoms with van der Waals surface area (Å²) >= 11 is 6.33. The van der Waals surface area contributed by atoms with E-state index in [1.54, 1.807) is 6.07 Å². The zero-order valence-electron chi connectivity index (χ0n) is 17.7. The first-order valence-corrected chi connectivity index (χ1v) is 11.9. The Kier molecular flexibility index (Phi) is 6.71. The van der Waals surface area contributed by atoms with Crippen LogP contribution >= 0.6 is 11.6 Å². The van der Waals surface area contributed by atoms with Gasteiger partial charge in [-0.05, 0) is 106 Å². The predicted molar refractivity (Wildman–Crippen MR) is 118 cm³/mol.